The number of quaternary nitrogens is 1. The van der Waals surface area contributed by atoms with Gasteiger partial charge in [-0.25, -0.2) is 4.79 Å². The van der Waals surface area contributed by atoms with Crippen LogP contribution in [0.5, 0.6) is 0 Å². The van der Waals surface area contributed by atoms with E-state index >= 15 is 0 Å². The zero-order valence-corrected chi connectivity index (χ0v) is 7.35. The predicted octanol–water partition coefficient (Wildman–Crippen LogP) is -1.81. The molecule has 0 saturated carbocycles. The Morgan fingerprint density at radius 3 is 1.50 bits per heavy atom. The van der Waals surface area contributed by atoms with Gasteiger partial charge < -0.3 is 21.2 Å². The van der Waals surface area contributed by atoms with Crippen molar-refractivity contribution in [2.24, 2.45) is 0 Å². The Hall–Kier alpha value is -0.477. The van der Waals surface area contributed by atoms with E-state index in [-0.39, 0.29) is 25.6 Å². The predicted molar refractivity (Wildman–Crippen MR) is 18.6 cm³/mol. The van der Waals surface area contributed by atoms with Gasteiger partial charge in [0.05, 0.1) is 0 Å². The van der Waals surface area contributed by atoms with Crippen molar-refractivity contribution < 1.29 is 39.3 Å². The second-order valence-corrected chi connectivity index (χ2v) is 0.593. The average molecular weight is 172 g/mol. The van der Waals surface area contributed by atoms with Crippen molar-refractivity contribution in [3.05, 3.63) is 0 Å². The minimum absolute atomic E-state index is 0. The molecule has 0 spiro atoms. The minimum atomic E-state index is -2.07. The molecule has 0 aromatic carbocycles. The average Bonchev–Trinajstić information content (AvgIpc) is 1.36. The van der Waals surface area contributed by atoms with Gasteiger partial charge in [-0.15, -0.1) is 0 Å². The van der Waals surface area contributed by atoms with Gasteiger partial charge in [0.2, 0.25) is 0 Å². The summed E-state index contributed by atoms with van der Waals surface area (Å²) >= 11 is 0. The van der Waals surface area contributed by atoms with Gasteiger partial charge in [0.25, 0.3) is 0 Å². The van der Waals surface area contributed by atoms with E-state index in [0.29, 0.717) is 0 Å². The first kappa shape index (κ1) is 15.6. The van der Waals surface area contributed by atoms with Crippen LogP contribution in [0.1, 0.15) is 0 Å². The van der Waals surface area contributed by atoms with Crippen LogP contribution in [0.2, 0.25) is 0 Å². The van der Waals surface area contributed by atoms with Crippen molar-refractivity contribution in [1.29, 1.82) is 0 Å². The molecule has 0 aliphatic rings. The monoisotopic (exact) mass is 171 g/mol. The first-order valence-electron chi connectivity index (χ1n) is 1.09. The number of hydrogen-bond acceptors (Lipinski definition) is 3. The van der Waals surface area contributed by atoms with Gasteiger partial charge in [0, 0.05) is 19.5 Å². The molecule has 6 heteroatoms. The van der Waals surface area contributed by atoms with E-state index in [9.17, 15) is 0 Å². The number of rotatable bonds is 0. The van der Waals surface area contributed by atoms with E-state index in [0.717, 1.165) is 0 Å². The molecule has 0 aliphatic carbocycles. The van der Waals surface area contributed by atoms with E-state index in [1.54, 1.807) is 0 Å². The largest absolute Gasteiger partial charge is 0.539 e. The number of carbonyl (C=O) groups excluding carboxylic acids is 1. The Bertz CT molecular complexity index is 80.0. The van der Waals surface area contributed by atoms with Gasteiger partial charge in [-0.1, -0.05) is 0 Å². The molecule has 44 valence electrons. The molecule has 0 saturated heterocycles. The fourth-order valence-electron chi connectivity index (χ4n) is 0. The summed E-state index contributed by atoms with van der Waals surface area (Å²) in [5.74, 6) is -4.01. The molecule has 0 unspecified atom stereocenters. The molecule has 0 atom stereocenters. The van der Waals surface area contributed by atoms with Gasteiger partial charge in [-0.3, -0.25) is 0 Å². The quantitative estimate of drug-likeness (QED) is 0.331. The zero-order valence-electron chi connectivity index (χ0n) is 4.38. The number of carboxylic acids is 2. The van der Waals surface area contributed by atoms with Crippen LogP contribution < -0.4 is 11.3 Å². The van der Waals surface area contributed by atoms with Gasteiger partial charge in [-0.05, 0) is 0 Å². The maximum absolute atomic E-state index is 9.04. The van der Waals surface area contributed by atoms with Crippen LogP contribution in [0.4, 0.5) is 0 Å². The summed E-state index contributed by atoms with van der Waals surface area (Å²) in [4.78, 5) is 18.0. The Morgan fingerprint density at radius 2 is 1.50 bits per heavy atom. The third kappa shape index (κ3) is 9.10. The van der Waals surface area contributed by atoms with Crippen LogP contribution in [0.3, 0.4) is 0 Å². The molecule has 0 aliphatic heterocycles. The number of aliphatic carboxylic acids is 2. The summed E-state index contributed by atoms with van der Waals surface area (Å²) in [5.41, 5.74) is 0. The van der Waals surface area contributed by atoms with Crippen molar-refractivity contribution in [2.75, 3.05) is 0 Å². The van der Waals surface area contributed by atoms with Crippen LogP contribution in [0.15, 0.2) is 0 Å². The second kappa shape index (κ2) is 6.52. The molecular formula is C2H5NO4Zn. The molecule has 5 N–H and O–H groups in total. The third-order valence-electron chi connectivity index (χ3n) is 0.175. The number of carbonyl (C=O) groups is 2. The van der Waals surface area contributed by atoms with Gasteiger partial charge in [0.15, 0.2) is 5.97 Å². The normalized spacial score (nSPS) is 5.50. The molecular weight excluding hydrogens is 167 g/mol. The molecule has 0 heterocycles. The van der Waals surface area contributed by atoms with E-state index in [2.05, 4.69) is 0 Å². The molecule has 0 aromatic rings. The van der Waals surface area contributed by atoms with E-state index in [4.69, 9.17) is 19.8 Å². The second-order valence-electron chi connectivity index (χ2n) is 0.593. The summed E-state index contributed by atoms with van der Waals surface area (Å²) in [6, 6.07) is 0. The first-order chi connectivity index (χ1) is 2.64. The molecule has 0 aromatic heterocycles. The van der Waals surface area contributed by atoms with Crippen molar-refractivity contribution >= 4 is 11.9 Å². The number of hydrogen-bond donors (Lipinski definition) is 2. The van der Waals surface area contributed by atoms with Crippen molar-refractivity contribution in [3.63, 3.8) is 0 Å². The Balaban J connectivity index is -0.000000125. The summed E-state index contributed by atoms with van der Waals surface area (Å²) in [6.45, 7) is 0. The Labute approximate surface area is 58.0 Å². The molecule has 0 amide bonds. The number of carboxylic acid groups (broad SMARTS) is 2. The van der Waals surface area contributed by atoms with Crippen molar-refractivity contribution in [3.8, 4) is 0 Å². The van der Waals surface area contributed by atoms with Gasteiger partial charge >= 0.3 is 5.97 Å². The van der Waals surface area contributed by atoms with Crippen LogP contribution >= 0.6 is 0 Å². The van der Waals surface area contributed by atoms with E-state index in [1.807, 2.05) is 0 Å². The van der Waals surface area contributed by atoms with Crippen LogP contribution in [0, 0.1) is 0 Å². The zero-order chi connectivity index (χ0) is 5.15. The van der Waals surface area contributed by atoms with E-state index < -0.39 is 11.9 Å². The van der Waals surface area contributed by atoms with Crippen molar-refractivity contribution in [2.45, 2.75) is 0 Å². The third-order valence-corrected chi connectivity index (χ3v) is 0.175. The fourth-order valence-corrected chi connectivity index (χ4v) is 0. The fraction of sp³-hybridized carbons (Fsp3) is 0. The van der Waals surface area contributed by atoms with Gasteiger partial charge in [-0.2, -0.15) is 0 Å². The molecule has 0 fully saturated rings. The minimum Gasteiger partial charge on any atom is -0.539 e. The molecule has 8 heavy (non-hydrogen) atoms. The topological polar surface area (TPSA) is 114 Å². The molecule has 0 rings (SSSR count). The van der Waals surface area contributed by atoms with Crippen LogP contribution in [0.25, 0.3) is 0 Å². The maximum Gasteiger partial charge on any atom is 0.351 e. The summed E-state index contributed by atoms with van der Waals surface area (Å²) in [7, 11) is 0. The summed E-state index contributed by atoms with van der Waals surface area (Å²) < 4.78 is 0. The first-order valence-corrected chi connectivity index (χ1v) is 1.09. The SMILES string of the molecule is O=C([O-])C(=O)O.[NH4+].[Zn]. The van der Waals surface area contributed by atoms with Crippen LogP contribution in [-0.2, 0) is 29.1 Å². The Kier molecular flexibility index (Phi) is 12.8. The van der Waals surface area contributed by atoms with E-state index in [1.165, 1.54) is 0 Å². The van der Waals surface area contributed by atoms with Crippen LogP contribution in [-0.4, -0.2) is 17.0 Å². The smallest absolute Gasteiger partial charge is 0.351 e. The van der Waals surface area contributed by atoms with Gasteiger partial charge in [0.1, 0.15) is 0 Å². The molecule has 5 nitrogen and oxygen atoms in total. The molecule has 0 radical (unpaired) electrons. The Morgan fingerprint density at radius 1 is 1.38 bits per heavy atom. The summed E-state index contributed by atoms with van der Waals surface area (Å²) in [6.07, 6.45) is 0. The standard InChI is InChI=1S/C2H2O4.H3N.Zn/c3-1(4)2(5)6;;/h(H,3,4)(H,5,6);1H3;. The van der Waals surface area contributed by atoms with Crippen molar-refractivity contribution in [1.82, 2.24) is 6.15 Å². The summed E-state index contributed by atoms with van der Waals surface area (Å²) in [5, 5.41) is 16.3. The maximum atomic E-state index is 9.04. The molecule has 0 bridgehead atoms.